The number of halogens is 1. The van der Waals surface area contributed by atoms with E-state index in [1.807, 2.05) is 51.1 Å². The fourth-order valence-electron chi connectivity index (χ4n) is 3.17. The Bertz CT molecular complexity index is 1060. The van der Waals surface area contributed by atoms with Crippen molar-refractivity contribution in [3.05, 3.63) is 64.1 Å². The summed E-state index contributed by atoms with van der Waals surface area (Å²) in [6.07, 6.45) is 1.07. The first kappa shape index (κ1) is 25.9. The Morgan fingerprint density at radius 3 is 2.22 bits per heavy atom. The van der Waals surface area contributed by atoms with E-state index in [4.69, 9.17) is 0 Å². The van der Waals surface area contributed by atoms with E-state index in [1.165, 1.54) is 4.90 Å². The first-order valence-corrected chi connectivity index (χ1v) is 12.9. The molecular weight excluding hydrogens is 494 g/mol. The van der Waals surface area contributed by atoms with Gasteiger partial charge in [0.15, 0.2) is 0 Å². The third-order valence-corrected chi connectivity index (χ3v) is 6.50. The highest BCUT2D eigenvalue weighted by Crippen LogP contribution is 2.20. The van der Waals surface area contributed by atoms with Gasteiger partial charge in [-0.05, 0) is 63.1 Å². The summed E-state index contributed by atoms with van der Waals surface area (Å²) in [6, 6.07) is 13.5. The number of aryl methyl sites for hydroxylation is 1. The van der Waals surface area contributed by atoms with E-state index in [0.29, 0.717) is 5.69 Å². The Hall–Kier alpha value is -2.39. The van der Waals surface area contributed by atoms with Crippen molar-refractivity contribution in [2.24, 2.45) is 0 Å². The van der Waals surface area contributed by atoms with Crippen LogP contribution in [0.1, 0.15) is 31.9 Å². The molecule has 0 unspecified atom stereocenters. The average molecular weight is 524 g/mol. The van der Waals surface area contributed by atoms with E-state index in [1.54, 1.807) is 25.1 Å². The van der Waals surface area contributed by atoms with Gasteiger partial charge in [0.25, 0.3) is 0 Å². The zero-order valence-electron chi connectivity index (χ0n) is 19.0. The van der Waals surface area contributed by atoms with Gasteiger partial charge in [0.05, 0.1) is 11.9 Å². The van der Waals surface area contributed by atoms with Crippen LogP contribution < -0.4 is 9.62 Å². The van der Waals surface area contributed by atoms with Gasteiger partial charge in [0.1, 0.15) is 12.6 Å². The summed E-state index contributed by atoms with van der Waals surface area (Å²) >= 11 is 3.39. The molecule has 2 amide bonds. The molecule has 1 N–H and O–H groups in total. The summed E-state index contributed by atoms with van der Waals surface area (Å²) in [4.78, 5) is 27.5. The largest absolute Gasteiger partial charge is 0.352 e. The number of sulfonamides is 1. The number of nitrogens with zero attached hydrogens (tertiary/aromatic N) is 2. The van der Waals surface area contributed by atoms with Gasteiger partial charge in [-0.3, -0.25) is 13.9 Å². The highest BCUT2D eigenvalue weighted by atomic mass is 79.9. The Morgan fingerprint density at radius 1 is 1.06 bits per heavy atom. The Labute approximate surface area is 199 Å². The lowest BCUT2D eigenvalue weighted by Gasteiger charge is -2.32. The Morgan fingerprint density at radius 2 is 1.69 bits per heavy atom. The second kappa shape index (κ2) is 11.0. The van der Waals surface area contributed by atoms with Crippen LogP contribution in [0.2, 0.25) is 0 Å². The van der Waals surface area contributed by atoms with E-state index in [-0.39, 0.29) is 18.5 Å². The number of anilines is 1. The van der Waals surface area contributed by atoms with Crippen LogP contribution in [0.5, 0.6) is 0 Å². The lowest BCUT2D eigenvalue weighted by atomic mass is 10.1. The zero-order chi connectivity index (χ0) is 24.1. The van der Waals surface area contributed by atoms with Crippen molar-refractivity contribution in [3.8, 4) is 0 Å². The molecule has 32 heavy (non-hydrogen) atoms. The number of hydrogen-bond donors (Lipinski definition) is 1. The Kier molecular flexibility index (Phi) is 8.86. The van der Waals surface area contributed by atoms with Gasteiger partial charge < -0.3 is 10.2 Å². The molecule has 0 aliphatic rings. The first-order chi connectivity index (χ1) is 14.9. The number of nitrogens with one attached hydrogen (secondary N) is 1. The van der Waals surface area contributed by atoms with Crippen LogP contribution in [0.15, 0.2) is 53.0 Å². The third kappa shape index (κ3) is 7.34. The smallest absolute Gasteiger partial charge is 0.244 e. The normalized spacial score (nSPS) is 12.3. The van der Waals surface area contributed by atoms with E-state index < -0.39 is 28.5 Å². The molecule has 0 aromatic heterocycles. The fourth-order valence-corrected chi connectivity index (χ4v) is 4.28. The molecule has 0 bridgehead atoms. The van der Waals surface area contributed by atoms with Crippen molar-refractivity contribution in [2.45, 2.75) is 46.3 Å². The average Bonchev–Trinajstić information content (AvgIpc) is 2.69. The summed E-state index contributed by atoms with van der Waals surface area (Å²) in [5, 5.41) is 2.82. The molecule has 2 aromatic rings. The Balaban J connectivity index is 2.38. The van der Waals surface area contributed by atoms with Crippen LogP contribution >= 0.6 is 15.9 Å². The molecule has 7 nitrogen and oxygen atoms in total. The summed E-state index contributed by atoms with van der Waals surface area (Å²) in [5.41, 5.74) is 2.11. The summed E-state index contributed by atoms with van der Waals surface area (Å²) < 4.78 is 27.0. The van der Waals surface area contributed by atoms with Crippen molar-refractivity contribution < 1.29 is 18.0 Å². The molecule has 0 saturated heterocycles. The van der Waals surface area contributed by atoms with Gasteiger partial charge in [-0.25, -0.2) is 8.42 Å². The van der Waals surface area contributed by atoms with E-state index >= 15 is 0 Å². The van der Waals surface area contributed by atoms with Gasteiger partial charge in [-0.1, -0.05) is 40.2 Å². The molecule has 1 atom stereocenters. The number of benzene rings is 2. The number of carbonyl (C=O) groups excluding carboxylic acids is 2. The quantitative estimate of drug-likeness (QED) is 0.545. The molecule has 0 aliphatic heterocycles. The van der Waals surface area contributed by atoms with E-state index in [2.05, 4.69) is 21.2 Å². The minimum Gasteiger partial charge on any atom is -0.352 e. The van der Waals surface area contributed by atoms with E-state index in [9.17, 15) is 18.0 Å². The molecule has 174 valence electrons. The first-order valence-electron chi connectivity index (χ1n) is 10.3. The van der Waals surface area contributed by atoms with Crippen LogP contribution in [0, 0.1) is 6.92 Å². The standard InChI is InChI=1S/C23H30BrN3O4S/c1-16(2)25-23(29)18(4)26(14-19-9-11-20(24)12-10-19)22(28)15-27(32(5,30)31)21-8-6-7-17(3)13-21/h6-13,16,18H,14-15H2,1-5H3,(H,25,29)/t18-/m1/s1. The highest BCUT2D eigenvalue weighted by Gasteiger charge is 2.30. The number of carbonyl (C=O) groups is 2. The highest BCUT2D eigenvalue weighted by molar-refractivity contribution is 9.10. The minimum atomic E-state index is -3.73. The molecule has 2 rings (SSSR count). The summed E-state index contributed by atoms with van der Waals surface area (Å²) in [5.74, 6) is -0.766. The number of hydrogen-bond acceptors (Lipinski definition) is 4. The zero-order valence-corrected chi connectivity index (χ0v) is 21.4. The SMILES string of the molecule is Cc1cccc(N(CC(=O)N(Cc2ccc(Br)cc2)[C@H](C)C(=O)NC(C)C)S(C)(=O)=O)c1. The molecule has 0 radical (unpaired) electrons. The number of amides is 2. The van der Waals surface area contributed by atoms with E-state index in [0.717, 1.165) is 26.2 Å². The summed E-state index contributed by atoms with van der Waals surface area (Å²) in [7, 11) is -3.73. The van der Waals surface area contributed by atoms with Crippen LogP contribution in [-0.4, -0.2) is 50.0 Å². The monoisotopic (exact) mass is 523 g/mol. The molecule has 0 heterocycles. The van der Waals surface area contributed by atoms with Crippen molar-refractivity contribution >= 4 is 43.5 Å². The van der Waals surface area contributed by atoms with Gasteiger partial charge in [-0.2, -0.15) is 0 Å². The van der Waals surface area contributed by atoms with Crippen LogP contribution in [0.3, 0.4) is 0 Å². The maximum absolute atomic E-state index is 13.4. The third-order valence-electron chi connectivity index (χ3n) is 4.83. The van der Waals surface area contributed by atoms with Crippen molar-refractivity contribution in [3.63, 3.8) is 0 Å². The van der Waals surface area contributed by atoms with Gasteiger partial charge in [0.2, 0.25) is 21.8 Å². The molecule has 0 spiro atoms. The molecule has 0 fully saturated rings. The van der Waals surface area contributed by atoms with Gasteiger partial charge >= 0.3 is 0 Å². The topological polar surface area (TPSA) is 86.8 Å². The predicted molar refractivity (Wildman–Crippen MR) is 131 cm³/mol. The molecule has 9 heteroatoms. The van der Waals surface area contributed by atoms with Crippen LogP contribution in [0.4, 0.5) is 5.69 Å². The van der Waals surface area contributed by atoms with Crippen molar-refractivity contribution in [2.75, 3.05) is 17.1 Å². The van der Waals surface area contributed by atoms with Gasteiger partial charge in [0, 0.05) is 17.1 Å². The maximum Gasteiger partial charge on any atom is 0.244 e. The summed E-state index contributed by atoms with van der Waals surface area (Å²) in [6.45, 7) is 6.95. The lowest BCUT2D eigenvalue weighted by Crippen LogP contribution is -2.52. The minimum absolute atomic E-state index is 0.0885. The molecule has 2 aromatic carbocycles. The number of rotatable bonds is 9. The lowest BCUT2D eigenvalue weighted by molar-refractivity contribution is -0.139. The predicted octanol–water partition coefficient (Wildman–Crippen LogP) is 3.47. The van der Waals surface area contributed by atoms with Crippen LogP contribution in [-0.2, 0) is 26.2 Å². The second-order valence-corrected chi connectivity index (χ2v) is 10.9. The molecule has 0 aliphatic carbocycles. The molecular formula is C23H30BrN3O4S. The van der Waals surface area contributed by atoms with Crippen LogP contribution in [0.25, 0.3) is 0 Å². The van der Waals surface area contributed by atoms with Crippen molar-refractivity contribution in [1.82, 2.24) is 10.2 Å². The second-order valence-electron chi connectivity index (χ2n) is 8.10. The van der Waals surface area contributed by atoms with Gasteiger partial charge in [-0.15, -0.1) is 0 Å². The molecule has 0 saturated carbocycles. The fraction of sp³-hybridized carbons (Fsp3) is 0.391. The maximum atomic E-state index is 13.4. The van der Waals surface area contributed by atoms with Crippen molar-refractivity contribution in [1.29, 1.82) is 0 Å².